The van der Waals surface area contributed by atoms with Crippen LogP contribution in [0, 0.1) is 11.8 Å². The van der Waals surface area contributed by atoms with Crippen LogP contribution >= 0.6 is 0 Å². The summed E-state index contributed by atoms with van der Waals surface area (Å²) in [5.41, 5.74) is 1.58. The highest BCUT2D eigenvalue weighted by Crippen LogP contribution is 2.48. The molecule has 0 amide bonds. The van der Waals surface area contributed by atoms with Gasteiger partial charge in [-0.25, -0.2) is 0 Å². The van der Waals surface area contributed by atoms with E-state index in [1.807, 2.05) is 7.11 Å². The number of hydrogen-bond donors (Lipinski definition) is 0. The molecule has 1 aliphatic carbocycles. The highest BCUT2D eigenvalue weighted by atomic mass is 28.3. The van der Waals surface area contributed by atoms with Crippen molar-refractivity contribution in [3.05, 3.63) is 11.0 Å². The normalized spacial score (nSPS) is 28.7. The summed E-state index contributed by atoms with van der Waals surface area (Å²) in [5, 5.41) is 1.34. The summed E-state index contributed by atoms with van der Waals surface area (Å²) >= 11 is 0. The highest BCUT2D eigenvalue weighted by Gasteiger charge is 2.42. The maximum absolute atomic E-state index is 5.52. The fraction of sp³-hybridized carbons (Fsp3) is 0.800. The molecule has 1 nitrogen and oxygen atoms in total. The summed E-state index contributed by atoms with van der Waals surface area (Å²) in [4.78, 5) is 0. The van der Waals surface area contributed by atoms with E-state index in [4.69, 9.17) is 4.74 Å². The lowest BCUT2D eigenvalue weighted by molar-refractivity contribution is 0.313. The average molecular weight is 184 g/mol. The zero-order valence-electron chi connectivity index (χ0n) is 9.06. The molecule has 0 aromatic heterocycles. The smallest absolute Gasteiger partial charge is 0.122 e. The molecule has 2 heteroatoms. The minimum absolute atomic E-state index is 0.770. The highest BCUT2D eigenvalue weighted by molar-refractivity contribution is 6.82. The van der Waals surface area contributed by atoms with E-state index < -0.39 is 8.07 Å². The van der Waals surface area contributed by atoms with Gasteiger partial charge in [-0.15, -0.1) is 0 Å². The molecule has 1 fully saturated rings. The minimum Gasteiger partial charge on any atom is -0.506 e. The van der Waals surface area contributed by atoms with Crippen LogP contribution in [0.4, 0.5) is 0 Å². The lowest BCUT2D eigenvalue weighted by Gasteiger charge is -2.19. The zero-order chi connectivity index (χ0) is 9.52. The van der Waals surface area contributed by atoms with Crippen molar-refractivity contribution in [3.63, 3.8) is 0 Å². The third-order valence-corrected chi connectivity index (χ3v) is 4.62. The van der Waals surface area contributed by atoms with Gasteiger partial charge in [0.1, 0.15) is 8.07 Å². The van der Waals surface area contributed by atoms with Gasteiger partial charge in [0.05, 0.1) is 12.5 Å². The fourth-order valence-corrected chi connectivity index (χ4v) is 3.77. The second-order valence-corrected chi connectivity index (χ2v) is 9.77. The Morgan fingerprint density at radius 1 is 1.17 bits per heavy atom. The maximum Gasteiger partial charge on any atom is 0.122 e. The Bertz CT molecular complexity index is 202. The first-order valence-electron chi connectivity index (χ1n) is 4.68. The number of allylic oxidation sites excluding steroid dienone is 1. The largest absolute Gasteiger partial charge is 0.506 e. The Balaban J connectivity index is 2.91. The van der Waals surface area contributed by atoms with Crippen LogP contribution in [0.1, 0.15) is 13.8 Å². The third-order valence-electron chi connectivity index (χ3n) is 2.77. The molecule has 2 atom stereocenters. The van der Waals surface area contributed by atoms with Crippen LogP contribution in [0.25, 0.3) is 0 Å². The molecule has 0 unspecified atom stereocenters. The van der Waals surface area contributed by atoms with Crippen LogP contribution in [-0.4, -0.2) is 15.2 Å². The second-order valence-electron chi connectivity index (χ2n) is 4.82. The Labute approximate surface area is 76.8 Å². The van der Waals surface area contributed by atoms with Crippen molar-refractivity contribution in [2.45, 2.75) is 33.5 Å². The molecule has 1 aliphatic rings. The molecule has 0 N–H and O–H groups in total. The lowest BCUT2D eigenvalue weighted by Crippen LogP contribution is -2.25. The van der Waals surface area contributed by atoms with Crippen LogP contribution in [0.5, 0.6) is 0 Å². The van der Waals surface area contributed by atoms with Gasteiger partial charge < -0.3 is 4.74 Å². The van der Waals surface area contributed by atoms with Crippen LogP contribution in [0.2, 0.25) is 19.6 Å². The standard InChI is InChI=1S/C10H20OSi/c1-7-8(2)9(7)10(11-3)12(4,5)6/h7-8H,1-6H3/t7-,8-/m1/s1. The Hall–Kier alpha value is -0.243. The van der Waals surface area contributed by atoms with E-state index in [9.17, 15) is 0 Å². The van der Waals surface area contributed by atoms with Crippen molar-refractivity contribution >= 4 is 8.07 Å². The number of hydrogen-bond acceptors (Lipinski definition) is 1. The van der Waals surface area contributed by atoms with Crippen molar-refractivity contribution < 1.29 is 4.74 Å². The van der Waals surface area contributed by atoms with E-state index in [0.29, 0.717) is 0 Å². The molecule has 0 heterocycles. The van der Waals surface area contributed by atoms with Crippen LogP contribution in [0.15, 0.2) is 11.0 Å². The van der Waals surface area contributed by atoms with Crippen molar-refractivity contribution in [2.75, 3.05) is 7.11 Å². The number of methoxy groups -OCH3 is 1. The summed E-state index contributed by atoms with van der Waals surface area (Å²) in [7, 11) is 0.604. The van der Waals surface area contributed by atoms with Crippen molar-refractivity contribution in [2.24, 2.45) is 11.8 Å². The van der Waals surface area contributed by atoms with E-state index in [2.05, 4.69) is 33.5 Å². The van der Waals surface area contributed by atoms with E-state index in [1.165, 1.54) is 5.38 Å². The Morgan fingerprint density at radius 3 is 1.67 bits per heavy atom. The molecule has 0 saturated heterocycles. The Kier molecular flexibility index (Phi) is 2.39. The van der Waals surface area contributed by atoms with Crippen molar-refractivity contribution in [1.29, 1.82) is 0 Å². The predicted molar refractivity (Wildman–Crippen MR) is 55.7 cm³/mol. The van der Waals surface area contributed by atoms with Gasteiger partial charge in [-0.1, -0.05) is 33.5 Å². The SMILES string of the molecule is COC(=C1[C@H](C)[C@H]1C)[Si](C)(C)C. The first-order valence-corrected chi connectivity index (χ1v) is 8.18. The maximum atomic E-state index is 5.52. The van der Waals surface area contributed by atoms with Gasteiger partial charge in [0, 0.05) is 0 Å². The first-order chi connectivity index (χ1) is 5.39. The third kappa shape index (κ3) is 1.58. The second kappa shape index (κ2) is 2.91. The monoisotopic (exact) mass is 184 g/mol. The van der Waals surface area contributed by atoms with Crippen LogP contribution in [-0.2, 0) is 4.74 Å². The van der Waals surface area contributed by atoms with Gasteiger partial charge in [0.15, 0.2) is 0 Å². The van der Waals surface area contributed by atoms with E-state index in [0.717, 1.165) is 11.8 Å². The van der Waals surface area contributed by atoms with E-state index in [-0.39, 0.29) is 0 Å². The zero-order valence-corrected chi connectivity index (χ0v) is 10.1. The Morgan fingerprint density at radius 2 is 1.58 bits per heavy atom. The van der Waals surface area contributed by atoms with Crippen LogP contribution < -0.4 is 0 Å². The van der Waals surface area contributed by atoms with Gasteiger partial charge in [-0.3, -0.25) is 0 Å². The molecule has 0 radical (unpaired) electrons. The van der Waals surface area contributed by atoms with Crippen molar-refractivity contribution in [1.82, 2.24) is 0 Å². The molecule has 0 aliphatic heterocycles. The molecular weight excluding hydrogens is 164 g/mol. The van der Waals surface area contributed by atoms with Crippen molar-refractivity contribution in [3.8, 4) is 0 Å². The molecule has 0 bridgehead atoms. The first kappa shape index (κ1) is 9.84. The molecule has 70 valence electrons. The molecule has 0 spiro atoms. The molecule has 1 rings (SSSR count). The topological polar surface area (TPSA) is 9.23 Å². The van der Waals surface area contributed by atoms with Gasteiger partial charge in [0.25, 0.3) is 0 Å². The van der Waals surface area contributed by atoms with Crippen LogP contribution in [0.3, 0.4) is 0 Å². The van der Waals surface area contributed by atoms with Gasteiger partial charge in [0.2, 0.25) is 0 Å². The van der Waals surface area contributed by atoms with Gasteiger partial charge >= 0.3 is 0 Å². The van der Waals surface area contributed by atoms with E-state index >= 15 is 0 Å². The van der Waals surface area contributed by atoms with E-state index in [1.54, 1.807) is 5.57 Å². The summed E-state index contributed by atoms with van der Waals surface area (Å²) in [6, 6.07) is 0. The average Bonchev–Trinajstić information content (AvgIpc) is 2.44. The molecule has 0 aromatic rings. The molecule has 0 aromatic carbocycles. The molecule has 1 saturated carbocycles. The van der Waals surface area contributed by atoms with Gasteiger partial charge in [-0.05, 0) is 17.4 Å². The summed E-state index contributed by atoms with van der Waals surface area (Å²) < 4.78 is 5.52. The number of ether oxygens (including phenoxy) is 1. The summed E-state index contributed by atoms with van der Waals surface area (Å²) in [5.74, 6) is 1.54. The van der Waals surface area contributed by atoms with Gasteiger partial charge in [-0.2, -0.15) is 0 Å². The predicted octanol–water partition coefficient (Wildman–Crippen LogP) is 3.05. The fourth-order valence-electron chi connectivity index (χ4n) is 1.84. The summed E-state index contributed by atoms with van der Waals surface area (Å²) in [6.07, 6.45) is 0. The number of rotatable bonds is 2. The molecule has 12 heavy (non-hydrogen) atoms. The summed E-state index contributed by atoms with van der Waals surface area (Å²) in [6.45, 7) is 11.6. The minimum atomic E-state index is -1.21. The molecular formula is C10H20OSi. The lowest BCUT2D eigenvalue weighted by atomic mass is 10.4. The quantitative estimate of drug-likeness (QED) is 0.473.